The summed E-state index contributed by atoms with van der Waals surface area (Å²) in [4.78, 5) is 0. The first-order chi connectivity index (χ1) is 8.78. The Kier molecular flexibility index (Phi) is 5.02. The van der Waals surface area contributed by atoms with Gasteiger partial charge in [-0.1, -0.05) is 12.1 Å². The summed E-state index contributed by atoms with van der Waals surface area (Å²) in [5.74, 6) is 1.59. The lowest BCUT2D eigenvalue weighted by Crippen LogP contribution is -2.24. The Morgan fingerprint density at radius 3 is 2.78 bits per heavy atom. The predicted molar refractivity (Wildman–Crippen MR) is 72.8 cm³/mol. The molecule has 1 aliphatic heterocycles. The van der Waals surface area contributed by atoms with Crippen molar-refractivity contribution >= 4 is 0 Å². The molecule has 100 valence electrons. The fourth-order valence-electron chi connectivity index (χ4n) is 2.46. The van der Waals surface area contributed by atoms with Crippen molar-refractivity contribution in [3.05, 3.63) is 29.8 Å². The van der Waals surface area contributed by atoms with Gasteiger partial charge in [0.25, 0.3) is 0 Å². The van der Waals surface area contributed by atoms with E-state index in [1.54, 1.807) is 7.11 Å². The summed E-state index contributed by atoms with van der Waals surface area (Å²) in [6, 6.07) is 8.53. The molecule has 2 atom stereocenters. The number of nitrogens with two attached hydrogens (primary N) is 1. The van der Waals surface area contributed by atoms with Gasteiger partial charge in [-0.15, -0.1) is 0 Å². The third-order valence-electron chi connectivity index (χ3n) is 3.62. The minimum Gasteiger partial charge on any atom is -0.497 e. The first kappa shape index (κ1) is 13.4. The highest BCUT2D eigenvalue weighted by Crippen LogP contribution is 2.20. The first-order valence-corrected chi connectivity index (χ1v) is 6.74. The summed E-state index contributed by atoms with van der Waals surface area (Å²) >= 11 is 0. The minimum absolute atomic E-state index is 0.291. The van der Waals surface area contributed by atoms with E-state index in [0.29, 0.717) is 12.0 Å². The molecule has 1 aromatic rings. The van der Waals surface area contributed by atoms with Gasteiger partial charge >= 0.3 is 0 Å². The second-order valence-electron chi connectivity index (χ2n) is 5.11. The largest absolute Gasteiger partial charge is 0.497 e. The van der Waals surface area contributed by atoms with Crippen molar-refractivity contribution in [1.29, 1.82) is 0 Å². The Hall–Kier alpha value is -1.06. The monoisotopic (exact) mass is 249 g/mol. The van der Waals surface area contributed by atoms with Crippen LogP contribution in [0.2, 0.25) is 0 Å². The van der Waals surface area contributed by atoms with Crippen LogP contribution in [-0.2, 0) is 11.2 Å². The summed E-state index contributed by atoms with van der Waals surface area (Å²) in [5, 5.41) is 0. The zero-order chi connectivity index (χ0) is 12.8. The third kappa shape index (κ3) is 4.00. The summed E-state index contributed by atoms with van der Waals surface area (Å²) in [6.45, 7) is 1.81. The molecule has 2 N–H and O–H groups in total. The Balaban J connectivity index is 1.72. The van der Waals surface area contributed by atoms with Crippen molar-refractivity contribution in [1.82, 2.24) is 0 Å². The highest BCUT2D eigenvalue weighted by Gasteiger charge is 2.18. The molecule has 18 heavy (non-hydrogen) atoms. The highest BCUT2D eigenvalue weighted by atomic mass is 16.5. The summed E-state index contributed by atoms with van der Waals surface area (Å²) in [5.41, 5.74) is 7.50. The normalized spacial score (nSPS) is 20.9. The molecule has 0 spiro atoms. The number of hydrogen-bond donors (Lipinski definition) is 1. The maximum atomic E-state index is 6.18. The Morgan fingerprint density at radius 2 is 2.17 bits per heavy atom. The van der Waals surface area contributed by atoms with Crippen LogP contribution in [0, 0.1) is 5.92 Å². The third-order valence-corrected chi connectivity index (χ3v) is 3.62. The number of aryl methyl sites for hydroxylation is 1. The molecule has 1 aliphatic rings. The maximum absolute atomic E-state index is 6.18. The topological polar surface area (TPSA) is 44.5 Å². The van der Waals surface area contributed by atoms with Crippen molar-refractivity contribution in [2.45, 2.75) is 31.7 Å². The second-order valence-corrected chi connectivity index (χ2v) is 5.11. The van der Waals surface area contributed by atoms with E-state index in [-0.39, 0.29) is 0 Å². The van der Waals surface area contributed by atoms with Crippen LogP contribution >= 0.6 is 0 Å². The molecule has 0 aliphatic carbocycles. The Bertz CT molecular complexity index is 344. The van der Waals surface area contributed by atoms with Crippen LogP contribution in [0.25, 0.3) is 0 Å². The van der Waals surface area contributed by atoms with Gasteiger partial charge in [-0.05, 0) is 49.3 Å². The number of ether oxygens (including phenoxy) is 2. The Morgan fingerprint density at radius 1 is 1.39 bits per heavy atom. The summed E-state index contributed by atoms with van der Waals surface area (Å²) < 4.78 is 10.5. The van der Waals surface area contributed by atoms with Gasteiger partial charge in [0.05, 0.1) is 7.11 Å². The van der Waals surface area contributed by atoms with Crippen molar-refractivity contribution in [3.63, 3.8) is 0 Å². The van der Waals surface area contributed by atoms with Crippen molar-refractivity contribution in [2.24, 2.45) is 11.7 Å². The fraction of sp³-hybridized carbons (Fsp3) is 0.600. The zero-order valence-electron chi connectivity index (χ0n) is 11.1. The van der Waals surface area contributed by atoms with E-state index in [2.05, 4.69) is 12.1 Å². The first-order valence-electron chi connectivity index (χ1n) is 6.74. The van der Waals surface area contributed by atoms with Crippen LogP contribution in [0.5, 0.6) is 5.75 Å². The van der Waals surface area contributed by atoms with Gasteiger partial charge in [-0.2, -0.15) is 0 Å². The summed E-state index contributed by atoms with van der Waals surface area (Å²) in [7, 11) is 1.69. The van der Waals surface area contributed by atoms with Gasteiger partial charge in [-0.25, -0.2) is 0 Å². The fourth-order valence-corrected chi connectivity index (χ4v) is 2.46. The van der Waals surface area contributed by atoms with Gasteiger partial charge in [-0.3, -0.25) is 0 Å². The van der Waals surface area contributed by atoms with Crippen molar-refractivity contribution < 1.29 is 9.47 Å². The molecule has 2 rings (SSSR count). The number of hydrogen-bond acceptors (Lipinski definition) is 3. The van der Waals surface area contributed by atoms with Gasteiger partial charge in [0.1, 0.15) is 5.75 Å². The second kappa shape index (κ2) is 6.76. The molecular weight excluding hydrogens is 226 g/mol. The molecule has 1 aromatic carbocycles. The smallest absolute Gasteiger partial charge is 0.118 e. The molecule has 3 heteroatoms. The van der Waals surface area contributed by atoms with Crippen LogP contribution in [0.4, 0.5) is 0 Å². The number of methoxy groups -OCH3 is 1. The molecule has 0 saturated carbocycles. The summed E-state index contributed by atoms with van der Waals surface area (Å²) in [6.07, 6.45) is 4.36. The molecule has 0 bridgehead atoms. The van der Waals surface area contributed by atoms with Gasteiger partial charge in [0, 0.05) is 19.3 Å². The van der Waals surface area contributed by atoms with E-state index in [9.17, 15) is 0 Å². The lowest BCUT2D eigenvalue weighted by atomic mass is 9.95. The molecule has 1 heterocycles. The van der Waals surface area contributed by atoms with E-state index in [0.717, 1.165) is 38.2 Å². The number of rotatable bonds is 6. The van der Waals surface area contributed by atoms with Crippen molar-refractivity contribution in [3.8, 4) is 5.75 Å². The zero-order valence-corrected chi connectivity index (χ0v) is 11.1. The molecule has 1 saturated heterocycles. The van der Waals surface area contributed by atoms with Crippen LogP contribution in [0.15, 0.2) is 24.3 Å². The molecule has 0 aromatic heterocycles. The van der Waals surface area contributed by atoms with E-state index in [4.69, 9.17) is 15.2 Å². The van der Waals surface area contributed by atoms with E-state index in [1.807, 2.05) is 12.1 Å². The van der Waals surface area contributed by atoms with Crippen LogP contribution < -0.4 is 10.5 Å². The van der Waals surface area contributed by atoms with E-state index in [1.165, 1.54) is 12.0 Å². The SMILES string of the molecule is COc1ccc(CCC(N)CC2CCOC2)cc1. The molecule has 3 nitrogen and oxygen atoms in total. The van der Waals surface area contributed by atoms with Gasteiger partial charge in [0.2, 0.25) is 0 Å². The van der Waals surface area contributed by atoms with Crippen LogP contribution in [0.3, 0.4) is 0 Å². The Labute approximate surface area is 109 Å². The molecular formula is C15H23NO2. The van der Waals surface area contributed by atoms with E-state index >= 15 is 0 Å². The standard InChI is InChI=1S/C15H23NO2/c1-17-15-6-3-12(4-7-15)2-5-14(16)10-13-8-9-18-11-13/h3-4,6-7,13-14H,2,5,8-11,16H2,1H3. The van der Waals surface area contributed by atoms with Crippen molar-refractivity contribution in [2.75, 3.05) is 20.3 Å². The maximum Gasteiger partial charge on any atom is 0.118 e. The minimum atomic E-state index is 0.291. The average molecular weight is 249 g/mol. The number of benzene rings is 1. The molecule has 0 radical (unpaired) electrons. The van der Waals surface area contributed by atoms with E-state index < -0.39 is 0 Å². The van der Waals surface area contributed by atoms with Gasteiger partial charge < -0.3 is 15.2 Å². The van der Waals surface area contributed by atoms with Crippen LogP contribution in [0.1, 0.15) is 24.8 Å². The average Bonchev–Trinajstić information content (AvgIpc) is 2.90. The highest BCUT2D eigenvalue weighted by molar-refractivity contribution is 5.27. The quantitative estimate of drug-likeness (QED) is 0.842. The van der Waals surface area contributed by atoms with Crippen LogP contribution in [-0.4, -0.2) is 26.4 Å². The lowest BCUT2D eigenvalue weighted by molar-refractivity contribution is 0.182. The predicted octanol–water partition coefficient (Wildman–Crippen LogP) is 2.38. The lowest BCUT2D eigenvalue weighted by Gasteiger charge is -2.15. The molecule has 0 amide bonds. The molecule has 2 unspecified atom stereocenters. The van der Waals surface area contributed by atoms with Gasteiger partial charge in [0.15, 0.2) is 0 Å². The molecule has 1 fully saturated rings.